The quantitative estimate of drug-likeness (QED) is 0.264. The van der Waals surface area contributed by atoms with E-state index in [0.717, 1.165) is 35.8 Å². The lowest BCUT2D eigenvalue weighted by atomic mass is 9.98. The van der Waals surface area contributed by atoms with Gasteiger partial charge in [-0.15, -0.1) is 17.9 Å². The van der Waals surface area contributed by atoms with Gasteiger partial charge in [-0.25, -0.2) is 4.79 Å². The minimum absolute atomic E-state index is 0.0595. The van der Waals surface area contributed by atoms with E-state index in [1.54, 1.807) is 0 Å². The monoisotopic (exact) mass is 578 g/mol. The molecule has 5 nitrogen and oxygen atoms in total. The van der Waals surface area contributed by atoms with Crippen molar-refractivity contribution in [3.63, 3.8) is 0 Å². The fourth-order valence-electron chi connectivity index (χ4n) is 4.39. The van der Waals surface area contributed by atoms with Crippen LogP contribution in [0, 0.1) is 0 Å². The summed E-state index contributed by atoms with van der Waals surface area (Å²) in [6.45, 7) is 22.4. The number of thiophene rings is 1. The maximum atomic E-state index is 11.8. The van der Waals surface area contributed by atoms with E-state index in [9.17, 15) is 9.90 Å². The highest BCUT2D eigenvalue weighted by atomic mass is 79.9. The van der Waals surface area contributed by atoms with Crippen LogP contribution in [0.15, 0.2) is 47.5 Å². The molecule has 0 unspecified atom stereocenters. The van der Waals surface area contributed by atoms with Gasteiger partial charge in [-0.05, 0) is 71.7 Å². The Bertz CT molecular complexity index is 1060. The first kappa shape index (κ1) is 28.1. The number of hydrogen-bond donors (Lipinski definition) is 1. The van der Waals surface area contributed by atoms with Crippen molar-refractivity contribution in [2.24, 2.45) is 0 Å². The zero-order valence-electron chi connectivity index (χ0n) is 22.0. The van der Waals surface area contributed by atoms with Crippen molar-refractivity contribution in [3.05, 3.63) is 62.8 Å². The molecule has 192 valence electrons. The van der Waals surface area contributed by atoms with Gasteiger partial charge in [-0.3, -0.25) is 9.80 Å². The Hall–Kier alpha value is -1.45. The Morgan fingerprint density at radius 2 is 1.97 bits per heavy atom. The van der Waals surface area contributed by atoms with Crippen molar-refractivity contribution in [3.8, 4) is 5.75 Å². The van der Waals surface area contributed by atoms with Gasteiger partial charge in [0.15, 0.2) is 0 Å². The lowest BCUT2D eigenvalue weighted by Gasteiger charge is -2.47. The predicted molar refractivity (Wildman–Crippen MR) is 152 cm³/mol. The molecule has 1 saturated heterocycles. The summed E-state index contributed by atoms with van der Waals surface area (Å²) < 4.78 is 7.28. The molecule has 0 radical (unpaired) electrons. The molecular formula is C27H39BrN2O3SSi. The maximum Gasteiger partial charge on any atom is 0.347 e. The van der Waals surface area contributed by atoms with Gasteiger partial charge in [0, 0.05) is 41.1 Å². The number of halogens is 1. The van der Waals surface area contributed by atoms with Crippen LogP contribution in [-0.2, 0) is 0 Å². The fourth-order valence-corrected chi connectivity index (χ4v) is 7.26. The van der Waals surface area contributed by atoms with Gasteiger partial charge < -0.3 is 9.53 Å². The molecule has 0 aliphatic carbocycles. The van der Waals surface area contributed by atoms with Gasteiger partial charge in [0.25, 0.3) is 0 Å². The van der Waals surface area contributed by atoms with Crippen molar-refractivity contribution in [1.82, 2.24) is 9.80 Å². The van der Waals surface area contributed by atoms with E-state index in [4.69, 9.17) is 4.43 Å². The number of carboxylic acids is 1. The topological polar surface area (TPSA) is 53.0 Å². The number of piperazine rings is 1. The number of benzene rings is 1. The molecule has 0 saturated carbocycles. The van der Waals surface area contributed by atoms with Crippen LogP contribution in [0.1, 0.15) is 60.8 Å². The average Bonchev–Trinajstić information content (AvgIpc) is 3.12. The molecule has 0 spiro atoms. The fraction of sp³-hybridized carbons (Fsp3) is 0.519. The standard InChI is InChI=1S/C27H39BrN2O3SSi/c1-9-13-29-16-19(3)30(17-18(29)2)24(23-15-22(28)25(34-23)26(31)32)20-11-10-12-21(14-20)33-35(7,8)27(4,5)6/h9-12,14-15,18-19,24H,1,13,16-17H2,2-8H3,(H,31,32)/t18-,19+,24+/m1/s1. The third-order valence-electron chi connectivity index (χ3n) is 7.38. The molecule has 1 aliphatic heterocycles. The zero-order chi connectivity index (χ0) is 26.1. The van der Waals surface area contributed by atoms with Crippen molar-refractivity contribution in [2.75, 3.05) is 19.6 Å². The number of nitrogens with zero attached hydrogens (tertiary/aromatic N) is 2. The Labute approximate surface area is 224 Å². The molecule has 1 aromatic heterocycles. The largest absolute Gasteiger partial charge is 0.543 e. The Morgan fingerprint density at radius 1 is 1.29 bits per heavy atom. The third kappa shape index (κ3) is 6.28. The van der Waals surface area contributed by atoms with E-state index < -0.39 is 14.3 Å². The lowest BCUT2D eigenvalue weighted by molar-refractivity contribution is 0.0315. The number of aromatic carboxylic acids is 1. The van der Waals surface area contributed by atoms with E-state index in [1.165, 1.54) is 11.3 Å². The number of rotatable bonds is 8. The van der Waals surface area contributed by atoms with Crippen LogP contribution in [0.4, 0.5) is 0 Å². The second-order valence-corrected chi connectivity index (χ2v) is 17.8. The van der Waals surface area contributed by atoms with E-state index >= 15 is 0 Å². The highest BCUT2D eigenvalue weighted by molar-refractivity contribution is 9.10. The van der Waals surface area contributed by atoms with E-state index in [0.29, 0.717) is 15.4 Å². The molecule has 1 fully saturated rings. The van der Waals surface area contributed by atoms with Crippen molar-refractivity contribution < 1.29 is 14.3 Å². The zero-order valence-corrected chi connectivity index (χ0v) is 25.4. The number of carbonyl (C=O) groups is 1. The summed E-state index contributed by atoms with van der Waals surface area (Å²) >= 11 is 4.84. The highest BCUT2D eigenvalue weighted by Gasteiger charge is 2.40. The van der Waals surface area contributed by atoms with E-state index in [-0.39, 0.29) is 17.1 Å². The number of hydrogen-bond acceptors (Lipinski definition) is 5. The van der Waals surface area contributed by atoms with Crippen LogP contribution in [0.5, 0.6) is 5.75 Å². The van der Waals surface area contributed by atoms with Gasteiger partial charge in [-0.1, -0.05) is 39.0 Å². The Morgan fingerprint density at radius 3 is 2.54 bits per heavy atom. The molecule has 3 atom stereocenters. The molecule has 1 aromatic carbocycles. The maximum absolute atomic E-state index is 11.8. The van der Waals surface area contributed by atoms with Gasteiger partial charge in [-0.2, -0.15) is 0 Å². The minimum Gasteiger partial charge on any atom is -0.543 e. The van der Waals surface area contributed by atoms with E-state index in [1.807, 2.05) is 18.2 Å². The SMILES string of the molecule is C=CCN1C[C@H](C)N([C@@H](c2cccc(O[Si](C)(C)C(C)(C)C)c2)c2cc(Br)c(C(=O)O)s2)C[C@H]1C. The summed E-state index contributed by atoms with van der Waals surface area (Å²) in [5.41, 5.74) is 1.13. The molecule has 1 N–H and O–H groups in total. The first-order valence-corrected chi connectivity index (χ1v) is 16.7. The van der Waals surface area contributed by atoms with Crippen LogP contribution in [-0.4, -0.2) is 60.9 Å². The molecule has 35 heavy (non-hydrogen) atoms. The second kappa shape index (κ2) is 10.9. The summed E-state index contributed by atoms with van der Waals surface area (Å²) in [4.78, 5) is 18.2. The second-order valence-electron chi connectivity index (χ2n) is 11.1. The molecular weight excluding hydrogens is 540 g/mol. The van der Waals surface area contributed by atoms with E-state index in [2.05, 4.69) is 98.2 Å². The highest BCUT2D eigenvalue weighted by Crippen LogP contribution is 2.42. The summed E-state index contributed by atoms with van der Waals surface area (Å²) in [5, 5.41) is 9.81. The molecule has 3 rings (SSSR count). The van der Waals surface area contributed by atoms with Crippen LogP contribution in [0.3, 0.4) is 0 Å². The predicted octanol–water partition coefficient (Wildman–Crippen LogP) is 7.26. The summed E-state index contributed by atoms with van der Waals surface area (Å²) in [7, 11) is -2.00. The van der Waals surface area contributed by atoms with Crippen molar-refractivity contribution in [1.29, 1.82) is 0 Å². The smallest absolute Gasteiger partial charge is 0.347 e. The first-order valence-electron chi connectivity index (χ1n) is 12.2. The summed E-state index contributed by atoms with van der Waals surface area (Å²) in [6.07, 6.45) is 1.97. The molecule has 8 heteroatoms. The molecule has 0 bridgehead atoms. The Balaban J connectivity index is 2.06. The minimum atomic E-state index is -2.00. The van der Waals surface area contributed by atoms with Crippen molar-refractivity contribution >= 4 is 41.6 Å². The van der Waals surface area contributed by atoms with Gasteiger partial charge in [0.2, 0.25) is 8.32 Å². The summed E-state index contributed by atoms with van der Waals surface area (Å²) in [6, 6.07) is 11.0. The van der Waals surface area contributed by atoms with Crippen LogP contribution in [0.2, 0.25) is 18.1 Å². The molecule has 2 aromatic rings. The third-order valence-corrected chi connectivity index (χ3v) is 13.8. The number of carboxylic acid groups (broad SMARTS) is 1. The van der Waals surface area contributed by atoms with Crippen LogP contribution >= 0.6 is 27.3 Å². The van der Waals surface area contributed by atoms with Crippen LogP contribution < -0.4 is 4.43 Å². The molecule has 0 amide bonds. The normalized spacial score (nSPS) is 21.0. The molecule has 2 heterocycles. The first-order chi connectivity index (χ1) is 16.2. The van der Waals surface area contributed by atoms with Crippen LogP contribution in [0.25, 0.3) is 0 Å². The van der Waals surface area contributed by atoms with Gasteiger partial charge in [0.1, 0.15) is 10.6 Å². The Kier molecular flexibility index (Phi) is 8.75. The summed E-state index contributed by atoms with van der Waals surface area (Å²) in [5.74, 6) is -0.0155. The average molecular weight is 580 g/mol. The van der Waals surface area contributed by atoms with Gasteiger partial charge in [0.05, 0.1) is 6.04 Å². The molecule has 1 aliphatic rings. The van der Waals surface area contributed by atoms with Crippen molar-refractivity contribution in [2.45, 2.75) is 70.9 Å². The lowest BCUT2D eigenvalue weighted by Crippen LogP contribution is -2.57. The van der Waals surface area contributed by atoms with Gasteiger partial charge >= 0.3 is 5.97 Å².